The minimum atomic E-state index is -0.187. The van der Waals surface area contributed by atoms with Gasteiger partial charge in [0, 0.05) is 13.2 Å². The minimum Gasteiger partial charge on any atom is -0.380 e. The maximum absolute atomic E-state index is 13.6. The molecule has 1 rings (SSSR count). The number of hydrogen-bond donors (Lipinski definition) is 1. The molecule has 2 unspecified atom stereocenters. The van der Waals surface area contributed by atoms with Gasteiger partial charge in [-0.1, -0.05) is 12.1 Å². The molecule has 1 aromatic rings. The number of methoxy groups -OCH3 is 1. The van der Waals surface area contributed by atoms with E-state index in [1.807, 2.05) is 19.9 Å². The maximum atomic E-state index is 13.6. The Morgan fingerprint density at radius 2 is 2.00 bits per heavy atom. The molecule has 84 valence electrons. The van der Waals surface area contributed by atoms with E-state index in [2.05, 4.69) is 5.32 Å². The van der Waals surface area contributed by atoms with Crippen LogP contribution < -0.4 is 5.32 Å². The summed E-state index contributed by atoms with van der Waals surface area (Å²) in [6.45, 7) is 5.67. The lowest BCUT2D eigenvalue weighted by molar-refractivity contribution is 0.106. The molecule has 0 saturated carbocycles. The Hall–Kier alpha value is -1.09. The van der Waals surface area contributed by atoms with Gasteiger partial charge in [-0.2, -0.15) is 0 Å². The Bertz CT molecular complexity index is 327. The van der Waals surface area contributed by atoms with E-state index in [-0.39, 0.29) is 18.0 Å². The van der Waals surface area contributed by atoms with Gasteiger partial charge in [-0.15, -0.1) is 0 Å². The largest absolute Gasteiger partial charge is 0.380 e. The molecule has 2 nitrogen and oxygen atoms in total. The molecule has 0 bridgehead atoms. The average molecular weight is 211 g/mol. The summed E-state index contributed by atoms with van der Waals surface area (Å²) >= 11 is 0. The van der Waals surface area contributed by atoms with Crippen molar-refractivity contribution in [2.75, 3.05) is 12.4 Å². The fourth-order valence-electron chi connectivity index (χ4n) is 1.33. The third-order valence-corrected chi connectivity index (χ3v) is 2.65. The average Bonchev–Trinajstić information content (AvgIpc) is 2.23. The molecule has 0 aromatic heterocycles. The molecule has 0 aliphatic rings. The highest BCUT2D eigenvalue weighted by Crippen LogP contribution is 2.18. The SMILES string of the molecule is COC(C)C(C)Nc1cccc(C)c1F. The fraction of sp³-hybridized carbons (Fsp3) is 0.500. The quantitative estimate of drug-likeness (QED) is 0.826. The number of hydrogen-bond acceptors (Lipinski definition) is 2. The topological polar surface area (TPSA) is 21.3 Å². The molecule has 3 heteroatoms. The summed E-state index contributed by atoms with van der Waals surface area (Å²) in [4.78, 5) is 0. The summed E-state index contributed by atoms with van der Waals surface area (Å²) < 4.78 is 18.8. The van der Waals surface area contributed by atoms with Crippen LogP contribution in [0.5, 0.6) is 0 Å². The predicted molar refractivity (Wildman–Crippen MR) is 60.7 cm³/mol. The first-order valence-corrected chi connectivity index (χ1v) is 5.10. The van der Waals surface area contributed by atoms with Crippen LogP contribution in [0.3, 0.4) is 0 Å². The van der Waals surface area contributed by atoms with E-state index in [9.17, 15) is 4.39 Å². The Balaban J connectivity index is 2.76. The first-order valence-electron chi connectivity index (χ1n) is 5.10. The molecule has 0 radical (unpaired) electrons. The van der Waals surface area contributed by atoms with Crippen molar-refractivity contribution in [2.24, 2.45) is 0 Å². The Kier molecular flexibility index (Phi) is 4.09. The molecule has 2 atom stereocenters. The van der Waals surface area contributed by atoms with E-state index in [4.69, 9.17) is 4.74 Å². The van der Waals surface area contributed by atoms with Crippen LogP contribution >= 0.6 is 0 Å². The van der Waals surface area contributed by atoms with Gasteiger partial charge < -0.3 is 10.1 Å². The molecule has 0 saturated heterocycles. The van der Waals surface area contributed by atoms with Crippen molar-refractivity contribution in [1.29, 1.82) is 0 Å². The van der Waals surface area contributed by atoms with Gasteiger partial charge in [0.15, 0.2) is 0 Å². The van der Waals surface area contributed by atoms with Gasteiger partial charge in [-0.25, -0.2) is 4.39 Å². The molecular weight excluding hydrogens is 193 g/mol. The lowest BCUT2D eigenvalue weighted by Gasteiger charge is -2.21. The lowest BCUT2D eigenvalue weighted by atomic mass is 10.1. The van der Waals surface area contributed by atoms with Gasteiger partial charge in [-0.3, -0.25) is 0 Å². The zero-order valence-electron chi connectivity index (χ0n) is 9.67. The highest BCUT2D eigenvalue weighted by Gasteiger charge is 2.13. The van der Waals surface area contributed by atoms with E-state index in [0.29, 0.717) is 11.3 Å². The van der Waals surface area contributed by atoms with Gasteiger partial charge in [0.05, 0.1) is 11.8 Å². The van der Waals surface area contributed by atoms with Crippen LogP contribution in [-0.4, -0.2) is 19.3 Å². The van der Waals surface area contributed by atoms with E-state index in [1.165, 1.54) is 0 Å². The van der Waals surface area contributed by atoms with Crippen LogP contribution in [-0.2, 0) is 4.74 Å². The van der Waals surface area contributed by atoms with E-state index in [1.54, 1.807) is 26.2 Å². The summed E-state index contributed by atoms with van der Waals surface area (Å²) in [5.41, 5.74) is 1.18. The fourth-order valence-corrected chi connectivity index (χ4v) is 1.33. The van der Waals surface area contributed by atoms with Crippen LogP contribution in [0.15, 0.2) is 18.2 Å². The lowest BCUT2D eigenvalue weighted by Crippen LogP contribution is -2.30. The highest BCUT2D eigenvalue weighted by molar-refractivity contribution is 5.48. The zero-order valence-corrected chi connectivity index (χ0v) is 9.67. The standard InChI is InChI=1S/C12H18FNO/c1-8-6-5-7-11(12(8)13)14-9(2)10(3)15-4/h5-7,9-10,14H,1-4H3. The van der Waals surface area contributed by atoms with Crippen LogP contribution in [0.25, 0.3) is 0 Å². The first kappa shape index (κ1) is 12.0. The molecule has 1 N–H and O–H groups in total. The second-order valence-electron chi connectivity index (χ2n) is 3.81. The van der Waals surface area contributed by atoms with Gasteiger partial charge >= 0.3 is 0 Å². The molecular formula is C12H18FNO. The van der Waals surface area contributed by atoms with E-state index in [0.717, 1.165) is 0 Å². The number of anilines is 1. The highest BCUT2D eigenvalue weighted by atomic mass is 19.1. The molecule has 0 spiro atoms. The van der Waals surface area contributed by atoms with Gasteiger partial charge in [0.2, 0.25) is 0 Å². The molecule has 0 aliphatic heterocycles. The van der Waals surface area contributed by atoms with Crippen molar-refractivity contribution < 1.29 is 9.13 Å². The number of aryl methyl sites for hydroxylation is 1. The molecule has 1 aromatic carbocycles. The summed E-state index contributed by atoms with van der Waals surface area (Å²) in [6.07, 6.45) is 0.0462. The van der Waals surface area contributed by atoms with Crippen LogP contribution in [0.2, 0.25) is 0 Å². The van der Waals surface area contributed by atoms with Crippen molar-refractivity contribution in [1.82, 2.24) is 0 Å². The Morgan fingerprint density at radius 3 is 2.60 bits per heavy atom. The number of nitrogens with one attached hydrogen (secondary N) is 1. The Labute approximate surface area is 90.4 Å². The second-order valence-corrected chi connectivity index (χ2v) is 3.81. The van der Waals surface area contributed by atoms with Gasteiger partial charge in [0.25, 0.3) is 0 Å². The van der Waals surface area contributed by atoms with E-state index < -0.39 is 0 Å². The Morgan fingerprint density at radius 1 is 1.33 bits per heavy atom. The third-order valence-electron chi connectivity index (χ3n) is 2.65. The molecule has 0 fully saturated rings. The number of rotatable bonds is 4. The summed E-state index contributed by atoms with van der Waals surface area (Å²) in [5, 5.41) is 3.10. The van der Waals surface area contributed by atoms with Crippen molar-refractivity contribution in [3.05, 3.63) is 29.6 Å². The van der Waals surface area contributed by atoms with Gasteiger partial charge in [0.1, 0.15) is 5.82 Å². The van der Waals surface area contributed by atoms with Crippen molar-refractivity contribution >= 4 is 5.69 Å². The number of benzene rings is 1. The summed E-state index contributed by atoms with van der Waals surface area (Å²) in [5.74, 6) is -0.187. The normalized spacial score (nSPS) is 14.7. The predicted octanol–water partition coefficient (Wildman–Crippen LogP) is 2.97. The third kappa shape index (κ3) is 2.93. The maximum Gasteiger partial charge on any atom is 0.149 e. The smallest absolute Gasteiger partial charge is 0.149 e. The molecule has 0 aliphatic carbocycles. The summed E-state index contributed by atoms with van der Waals surface area (Å²) in [6, 6.07) is 5.41. The second kappa shape index (κ2) is 5.12. The minimum absolute atomic E-state index is 0.0462. The summed E-state index contributed by atoms with van der Waals surface area (Å²) in [7, 11) is 1.65. The van der Waals surface area contributed by atoms with Crippen molar-refractivity contribution in [3.63, 3.8) is 0 Å². The monoisotopic (exact) mass is 211 g/mol. The molecule has 0 heterocycles. The van der Waals surface area contributed by atoms with Crippen molar-refractivity contribution in [3.8, 4) is 0 Å². The van der Waals surface area contributed by atoms with Crippen LogP contribution in [0, 0.1) is 12.7 Å². The first-order chi connectivity index (χ1) is 7.06. The zero-order chi connectivity index (χ0) is 11.4. The molecule has 15 heavy (non-hydrogen) atoms. The number of ether oxygens (including phenoxy) is 1. The van der Waals surface area contributed by atoms with Gasteiger partial charge in [-0.05, 0) is 32.4 Å². The van der Waals surface area contributed by atoms with E-state index >= 15 is 0 Å². The molecule has 0 amide bonds. The van der Waals surface area contributed by atoms with Crippen molar-refractivity contribution in [2.45, 2.75) is 32.9 Å². The number of halogens is 1. The van der Waals surface area contributed by atoms with Crippen LogP contribution in [0.1, 0.15) is 19.4 Å². The van der Waals surface area contributed by atoms with Crippen LogP contribution in [0.4, 0.5) is 10.1 Å².